The fourth-order valence-electron chi connectivity index (χ4n) is 3.41. The third kappa shape index (κ3) is 4.52. The molecule has 4 rings (SSSR count). The zero-order valence-corrected chi connectivity index (χ0v) is 18.5. The third-order valence-corrected chi connectivity index (χ3v) is 6.74. The highest BCUT2D eigenvalue weighted by Crippen LogP contribution is 2.34. The van der Waals surface area contributed by atoms with Gasteiger partial charge < -0.3 is 10.1 Å². The zero-order valence-electron chi connectivity index (χ0n) is 16.9. The van der Waals surface area contributed by atoms with E-state index in [2.05, 4.69) is 9.71 Å². The minimum Gasteiger partial charge on any atom is -0.475 e. The number of carboxylic acids is 1. The van der Waals surface area contributed by atoms with Crippen LogP contribution < -0.4 is 4.72 Å². The molecule has 1 heterocycles. The molecule has 0 bridgehead atoms. The molecule has 3 N–H and O–H groups in total. The fraction of sp³-hybridized carbons (Fsp3) is 0. The number of ketones is 1. The van der Waals surface area contributed by atoms with E-state index < -0.39 is 21.8 Å². The Kier molecular flexibility index (Phi) is 6.04. The molecule has 0 saturated heterocycles. The number of carboxylic acid groups (broad SMARTS) is 1. The van der Waals surface area contributed by atoms with E-state index in [1.807, 2.05) is 30.3 Å². The van der Waals surface area contributed by atoms with Crippen LogP contribution in [0.3, 0.4) is 0 Å². The van der Waals surface area contributed by atoms with E-state index in [1.165, 1.54) is 24.4 Å². The molecule has 1 aromatic heterocycles. The normalized spacial score (nSPS) is 11.7. The summed E-state index contributed by atoms with van der Waals surface area (Å²) in [5, 5.41) is 9.70. The second-order valence-electron chi connectivity index (χ2n) is 7.07. The number of carbonyl (C=O) groups excluding carboxylic acids is 1. The first-order chi connectivity index (χ1) is 15.8. The van der Waals surface area contributed by atoms with Crippen molar-refractivity contribution in [1.29, 1.82) is 0 Å². The molecule has 166 valence electrons. The molecule has 9 heteroatoms. The number of hydrogen-bond donors (Lipinski definition) is 3. The molecule has 0 radical (unpaired) electrons. The van der Waals surface area contributed by atoms with Crippen LogP contribution in [0, 0.1) is 0 Å². The molecule has 0 amide bonds. The summed E-state index contributed by atoms with van der Waals surface area (Å²) in [4.78, 5) is 26.7. The van der Waals surface area contributed by atoms with Gasteiger partial charge in [0.2, 0.25) is 0 Å². The zero-order chi connectivity index (χ0) is 23.6. The van der Waals surface area contributed by atoms with Gasteiger partial charge in [-0.2, -0.15) is 0 Å². The Balaban J connectivity index is 1.77. The monoisotopic (exact) mass is 480 g/mol. The van der Waals surface area contributed by atoms with Crippen LogP contribution in [0.15, 0.2) is 83.9 Å². The highest BCUT2D eigenvalue weighted by Gasteiger charge is 2.26. The van der Waals surface area contributed by atoms with Crippen LogP contribution in [0.25, 0.3) is 28.2 Å². The number of Topliss-reactive ketones (excluding diaryl/α,β-unsaturated/α-hetero) is 1. The lowest BCUT2D eigenvalue weighted by atomic mass is 10.0. The molecule has 0 atom stereocenters. The molecular weight excluding hydrogens is 464 g/mol. The number of aromatic amines is 1. The molecule has 3 aromatic carbocycles. The number of aliphatic carboxylic acids is 1. The van der Waals surface area contributed by atoms with Crippen molar-refractivity contribution in [1.82, 2.24) is 9.71 Å². The highest BCUT2D eigenvalue weighted by molar-refractivity contribution is 7.89. The van der Waals surface area contributed by atoms with Gasteiger partial charge in [0.15, 0.2) is 0 Å². The molecule has 0 unspecified atom stereocenters. The Morgan fingerprint density at radius 3 is 2.39 bits per heavy atom. The fourth-order valence-corrected chi connectivity index (χ4v) is 4.82. The Hall–Kier alpha value is -3.88. The summed E-state index contributed by atoms with van der Waals surface area (Å²) in [6.45, 7) is 0. The van der Waals surface area contributed by atoms with Gasteiger partial charge in [-0.3, -0.25) is 9.52 Å². The third-order valence-electron chi connectivity index (χ3n) is 4.94. The maximum absolute atomic E-state index is 12.9. The standard InChI is InChI=1S/C24H17ClN2O5S/c25-18-11-10-16(14-20(18)33(31,32)26-13-12-15-6-2-1-3-7-15)22-21(23(28)24(29)30)17-8-4-5-9-19(17)27-22/h1-14,26-27H,(H,29,30). The first-order valence-corrected chi connectivity index (χ1v) is 11.6. The maximum atomic E-state index is 12.9. The first-order valence-electron chi connectivity index (χ1n) is 9.70. The topological polar surface area (TPSA) is 116 Å². The number of benzene rings is 3. The van der Waals surface area contributed by atoms with Crippen molar-refractivity contribution in [3.05, 3.63) is 95.1 Å². The molecule has 4 aromatic rings. The Labute approximate surface area is 194 Å². The van der Waals surface area contributed by atoms with Crippen LogP contribution in [-0.2, 0) is 14.8 Å². The molecule has 7 nitrogen and oxygen atoms in total. The summed E-state index contributed by atoms with van der Waals surface area (Å²) in [6.07, 6.45) is 2.88. The Morgan fingerprint density at radius 1 is 0.970 bits per heavy atom. The minimum atomic E-state index is -4.05. The van der Waals surface area contributed by atoms with Crippen LogP contribution in [0.5, 0.6) is 0 Å². The smallest absolute Gasteiger partial charge is 0.377 e. The molecule has 0 aliphatic carbocycles. The van der Waals surface area contributed by atoms with Crippen LogP contribution in [0.1, 0.15) is 15.9 Å². The van der Waals surface area contributed by atoms with E-state index in [9.17, 15) is 23.1 Å². The number of hydrogen-bond acceptors (Lipinski definition) is 4. The number of halogens is 1. The van der Waals surface area contributed by atoms with E-state index in [1.54, 1.807) is 30.3 Å². The van der Waals surface area contributed by atoms with Gasteiger partial charge in [0.25, 0.3) is 15.8 Å². The molecule has 0 saturated carbocycles. The number of fused-ring (bicyclic) bond motifs is 1. The number of H-pyrrole nitrogens is 1. The van der Waals surface area contributed by atoms with Crippen molar-refractivity contribution in [3.8, 4) is 11.3 Å². The van der Waals surface area contributed by atoms with E-state index >= 15 is 0 Å². The lowest BCUT2D eigenvalue weighted by Crippen LogP contribution is -2.18. The summed E-state index contributed by atoms with van der Waals surface area (Å²) < 4.78 is 28.2. The molecular formula is C24H17ClN2O5S. The van der Waals surface area contributed by atoms with Crippen LogP contribution in [0.2, 0.25) is 5.02 Å². The lowest BCUT2D eigenvalue weighted by molar-refractivity contribution is -0.131. The van der Waals surface area contributed by atoms with E-state index in [0.717, 1.165) is 5.56 Å². The second-order valence-corrected chi connectivity index (χ2v) is 9.15. The summed E-state index contributed by atoms with van der Waals surface area (Å²) in [6, 6.07) is 20.1. The van der Waals surface area contributed by atoms with Crippen LogP contribution >= 0.6 is 11.6 Å². The number of rotatable bonds is 7. The Bertz CT molecular complexity index is 1510. The van der Waals surface area contributed by atoms with Gasteiger partial charge >= 0.3 is 5.97 Å². The number of nitrogens with one attached hydrogen (secondary N) is 2. The average molecular weight is 481 g/mol. The van der Waals surface area contributed by atoms with Gasteiger partial charge in [-0.05, 0) is 29.8 Å². The van der Waals surface area contributed by atoms with E-state index in [4.69, 9.17) is 11.6 Å². The predicted molar refractivity (Wildman–Crippen MR) is 127 cm³/mol. The van der Waals surface area contributed by atoms with Crippen molar-refractivity contribution >= 4 is 50.4 Å². The molecule has 0 aliphatic rings. The van der Waals surface area contributed by atoms with Gasteiger partial charge in [-0.15, -0.1) is 0 Å². The van der Waals surface area contributed by atoms with Gasteiger partial charge in [0.05, 0.1) is 16.3 Å². The summed E-state index contributed by atoms with van der Waals surface area (Å²) in [5.41, 5.74) is 1.78. The van der Waals surface area contributed by atoms with Crippen LogP contribution in [-0.4, -0.2) is 30.3 Å². The molecule has 33 heavy (non-hydrogen) atoms. The predicted octanol–water partition coefficient (Wildman–Crippen LogP) is 4.70. The quantitative estimate of drug-likeness (QED) is 0.262. The van der Waals surface area contributed by atoms with Crippen molar-refractivity contribution in [2.75, 3.05) is 0 Å². The van der Waals surface area contributed by atoms with Gasteiger partial charge in [0, 0.05) is 22.7 Å². The van der Waals surface area contributed by atoms with Gasteiger partial charge in [-0.25, -0.2) is 13.2 Å². The minimum absolute atomic E-state index is 0.0263. The van der Waals surface area contributed by atoms with Gasteiger partial charge in [0.1, 0.15) is 4.90 Å². The van der Waals surface area contributed by atoms with E-state index in [-0.39, 0.29) is 21.2 Å². The van der Waals surface area contributed by atoms with Crippen molar-refractivity contribution in [3.63, 3.8) is 0 Å². The second kappa shape index (κ2) is 8.93. The molecule has 0 aliphatic heterocycles. The Morgan fingerprint density at radius 2 is 1.67 bits per heavy atom. The SMILES string of the molecule is O=C(O)C(=O)c1c(-c2ccc(Cl)c(S(=O)(=O)NC=Cc3ccccc3)c2)[nH]c2ccccc12. The lowest BCUT2D eigenvalue weighted by Gasteiger charge is -2.09. The number of carbonyl (C=O) groups is 2. The van der Waals surface area contributed by atoms with Crippen LogP contribution in [0.4, 0.5) is 0 Å². The first kappa shape index (κ1) is 22.3. The summed E-state index contributed by atoms with van der Waals surface area (Å²) in [7, 11) is -4.05. The van der Waals surface area contributed by atoms with Crippen molar-refractivity contribution in [2.24, 2.45) is 0 Å². The van der Waals surface area contributed by atoms with Gasteiger partial charge in [-0.1, -0.05) is 66.2 Å². The average Bonchev–Trinajstić information content (AvgIpc) is 3.18. The number of aromatic nitrogens is 1. The summed E-state index contributed by atoms with van der Waals surface area (Å²) >= 11 is 6.18. The maximum Gasteiger partial charge on any atom is 0.377 e. The molecule has 0 spiro atoms. The highest BCUT2D eigenvalue weighted by atomic mass is 35.5. The van der Waals surface area contributed by atoms with Crippen molar-refractivity contribution in [2.45, 2.75) is 4.90 Å². The summed E-state index contributed by atoms with van der Waals surface area (Å²) in [5.74, 6) is -2.72. The molecule has 0 fully saturated rings. The largest absolute Gasteiger partial charge is 0.475 e. The number of sulfonamides is 1. The van der Waals surface area contributed by atoms with E-state index in [0.29, 0.717) is 16.5 Å². The van der Waals surface area contributed by atoms with Crippen molar-refractivity contribution < 1.29 is 23.1 Å². The number of para-hydroxylation sites is 1.